The van der Waals surface area contributed by atoms with Gasteiger partial charge in [-0.1, -0.05) is 11.8 Å². The number of hydrogen-bond donors (Lipinski definition) is 2. The second-order valence-electron chi connectivity index (χ2n) is 3.06. The summed E-state index contributed by atoms with van der Waals surface area (Å²) < 4.78 is 4.70. The van der Waals surface area contributed by atoms with E-state index in [2.05, 4.69) is 17.2 Å². The number of carbonyl (C=O) groups is 1. The zero-order chi connectivity index (χ0) is 11.8. The van der Waals surface area contributed by atoms with Crippen LogP contribution in [0.1, 0.15) is 5.56 Å². The topological polar surface area (TPSA) is 64.3 Å². The molecule has 4 nitrogen and oxygen atoms in total. The highest BCUT2D eigenvalue weighted by atomic mass is 16.5. The Hall–Kier alpha value is -1.83. The van der Waals surface area contributed by atoms with E-state index in [1.807, 2.05) is 12.1 Å². The molecule has 0 aliphatic rings. The lowest BCUT2D eigenvalue weighted by Crippen LogP contribution is -2.16. The van der Waals surface area contributed by atoms with Crippen LogP contribution < -0.4 is 11.1 Å². The molecule has 0 aliphatic carbocycles. The molecule has 0 saturated heterocycles. The molecule has 0 aromatic heterocycles. The minimum absolute atomic E-state index is 0.0503. The van der Waals surface area contributed by atoms with E-state index in [1.54, 1.807) is 12.1 Å². The predicted molar refractivity (Wildman–Crippen MR) is 62.9 cm³/mol. The fourth-order valence-corrected chi connectivity index (χ4v) is 1.12. The first-order valence-corrected chi connectivity index (χ1v) is 4.84. The van der Waals surface area contributed by atoms with Crippen molar-refractivity contribution >= 4 is 11.6 Å². The average Bonchev–Trinajstić information content (AvgIpc) is 2.28. The van der Waals surface area contributed by atoms with Crippen LogP contribution in [0.5, 0.6) is 0 Å². The minimum Gasteiger partial charge on any atom is -0.375 e. The summed E-state index contributed by atoms with van der Waals surface area (Å²) in [6.45, 7) is 0.390. The number of nitrogens with two attached hydrogens (primary N) is 1. The maximum atomic E-state index is 11.2. The van der Waals surface area contributed by atoms with Crippen molar-refractivity contribution in [1.29, 1.82) is 0 Å². The number of hydrogen-bond acceptors (Lipinski definition) is 3. The monoisotopic (exact) mass is 218 g/mol. The molecule has 0 spiro atoms. The van der Waals surface area contributed by atoms with Crippen molar-refractivity contribution < 1.29 is 9.53 Å². The Morgan fingerprint density at radius 3 is 2.69 bits per heavy atom. The summed E-state index contributed by atoms with van der Waals surface area (Å²) in [6, 6.07) is 7.22. The van der Waals surface area contributed by atoms with Crippen LogP contribution >= 0.6 is 0 Å². The summed E-state index contributed by atoms with van der Waals surface area (Å²) in [7, 11) is 1.48. The number of amides is 1. The number of methoxy groups -OCH3 is 1. The molecule has 0 heterocycles. The smallest absolute Gasteiger partial charge is 0.250 e. The summed E-state index contributed by atoms with van der Waals surface area (Å²) in [5, 5.41) is 2.69. The van der Waals surface area contributed by atoms with Crippen LogP contribution in [0.3, 0.4) is 0 Å². The van der Waals surface area contributed by atoms with Gasteiger partial charge in [0.15, 0.2) is 0 Å². The number of carbonyl (C=O) groups excluding carboxylic acids is 1. The highest BCUT2D eigenvalue weighted by Crippen LogP contribution is 2.08. The van der Waals surface area contributed by atoms with Crippen molar-refractivity contribution in [2.24, 2.45) is 5.73 Å². The van der Waals surface area contributed by atoms with Crippen LogP contribution in [-0.2, 0) is 9.53 Å². The molecule has 0 bridgehead atoms. The molecule has 0 atom stereocenters. The Kier molecular flexibility index (Phi) is 5.06. The van der Waals surface area contributed by atoms with Gasteiger partial charge < -0.3 is 15.8 Å². The Labute approximate surface area is 94.8 Å². The lowest BCUT2D eigenvalue weighted by atomic mass is 10.2. The van der Waals surface area contributed by atoms with Gasteiger partial charge in [0.05, 0.1) is 6.54 Å². The van der Waals surface area contributed by atoms with Gasteiger partial charge in [0.25, 0.3) is 0 Å². The fourth-order valence-electron chi connectivity index (χ4n) is 1.12. The molecular formula is C12H14N2O2. The Morgan fingerprint density at radius 1 is 1.44 bits per heavy atom. The number of benzene rings is 1. The van der Waals surface area contributed by atoms with E-state index in [0.29, 0.717) is 6.54 Å². The van der Waals surface area contributed by atoms with Crippen LogP contribution in [0.15, 0.2) is 24.3 Å². The van der Waals surface area contributed by atoms with Gasteiger partial charge in [-0.3, -0.25) is 4.79 Å². The van der Waals surface area contributed by atoms with Crippen molar-refractivity contribution in [2.45, 2.75) is 0 Å². The molecule has 0 unspecified atom stereocenters. The second kappa shape index (κ2) is 6.62. The zero-order valence-corrected chi connectivity index (χ0v) is 9.12. The van der Waals surface area contributed by atoms with Gasteiger partial charge >= 0.3 is 0 Å². The maximum Gasteiger partial charge on any atom is 0.250 e. The summed E-state index contributed by atoms with van der Waals surface area (Å²) >= 11 is 0. The molecule has 0 aliphatic heterocycles. The molecule has 16 heavy (non-hydrogen) atoms. The third kappa shape index (κ3) is 4.13. The molecule has 4 heteroatoms. The predicted octanol–water partition coefficient (Wildman–Crippen LogP) is 0.582. The molecule has 1 aromatic carbocycles. The third-order valence-electron chi connectivity index (χ3n) is 1.78. The Morgan fingerprint density at radius 2 is 2.12 bits per heavy atom. The van der Waals surface area contributed by atoms with Crippen molar-refractivity contribution in [2.75, 3.05) is 25.6 Å². The standard InChI is InChI=1S/C12H14N2O2/c1-16-9-12(15)14-11-6-4-10(5-7-11)3-2-8-13/h4-7H,8-9,13H2,1H3,(H,14,15). The van der Waals surface area contributed by atoms with Gasteiger partial charge in [-0.2, -0.15) is 0 Å². The number of rotatable bonds is 3. The molecule has 1 aromatic rings. The van der Waals surface area contributed by atoms with E-state index >= 15 is 0 Å². The molecule has 1 rings (SSSR count). The van der Waals surface area contributed by atoms with Gasteiger partial charge in [-0.25, -0.2) is 0 Å². The van der Waals surface area contributed by atoms with E-state index in [1.165, 1.54) is 7.11 Å². The van der Waals surface area contributed by atoms with Crippen LogP contribution in [-0.4, -0.2) is 26.2 Å². The van der Waals surface area contributed by atoms with Gasteiger partial charge in [0.1, 0.15) is 6.61 Å². The van der Waals surface area contributed by atoms with Crippen LogP contribution in [0.2, 0.25) is 0 Å². The van der Waals surface area contributed by atoms with E-state index in [-0.39, 0.29) is 12.5 Å². The van der Waals surface area contributed by atoms with E-state index < -0.39 is 0 Å². The number of anilines is 1. The lowest BCUT2D eigenvalue weighted by molar-refractivity contribution is -0.119. The van der Waals surface area contributed by atoms with Gasteiger partial charge in [-0.05, 0) is 24.3 Å². The summed E-state index contributed by atoms with van der Waals surface area (Å²) in [4.78, 5) is 11.2. The SMILES string of the molecule is COCC(=O)Nc1ccc(C#CCN)cc1. The Balaban J connectivity index is 2.61. The first-order chi connectivity index (χ1) is 7.76. The largest absolute Gasteiger partial charge is 0.375 e. The molecule has 0 saturated carbocycles. The first kappa shape index (κ1) is 12.2. The summed E-state index contributed by atoms with van der Waals surface area (Å²) in [5.74, 6) is 5.48. The Bertz CT molecular complexity index is 401. The molecule has 0 fully saturated rings. The van der Waals surface area contributed by atoms with E-state index in [0.717, 1.165) is 11.3 Å². The van der Waals surface area contributed by atoms with E-state index in [9.17, 15) is 4.79 Å². The van der Waals surface area contributed by atoms with Gasteiger partial charge in [-0.15, -0.1) is 0 Å². The molecular weight excluding hydrogens is 204 g/mol. The highest BCUT2D eigenvalue weighted by molar-refractivity contribution is 5.91. The van der Waals surface area contributed by atoms with E-state index in [4.69, 9.17) is 10.5 Å². The van der Waals surface area contributed by atoms with Crippen LogP contribution in [0, 0.1) is 11.8 Å². The van der Waals surface area contributed by atoms with Crippen LogP contribution in [0.4, 0.5) is 5.69 Å². The van der Waals surface area contributed by atoms with Crippen molar-refractivity contribution in [3.8, 4) is 11.8 Å². The normalized spacial score (nSPS) is 9.12. The third-order valence-corrected chi connectivity index (χ3v) is 1.78. The minimum atomic E-state index is -0.178. The molecule has 0 radical (unpaired) electrons. The summed E-state index contributed by atoms with van der Waals surface area (Å²) in [6.07, 6.45) is 0. The lowest BCUT2D eigenvalue weighted by Gasteiger charge is -2.03. The molecule has 84 valence electrons. The van der Waals surface area contributed by atoms with Crippen molar-refractivity contribution in [3.63, 3.8) is 0 Å². The van der Waals surface area contributed by atoms with Crippen molar-refractivity contribution in [3.05, 3.63) is 29.8 Å². The first-order valence-electron chi connectivity index (χ1n) is 4.84. The van der Waals surface area contributed by atoms with Gasteiger partial charge in [0, 0.05) is 18.4 Å². The second-order valence-corrected chi connectivity index (χ2v) is 3.06. The summed E-state index contributed by atoms with van der Waals surface area (Å²) in [5.41, 5.74) is 6.85. The van der Waals surface area contributed by atoms with Crippen LogP contribution in [0.25, 0.3) is 0 Å². The van der Waals surface area contributed by atoms with Crippen molar-refractivity contribution in [1.82, 2.24) is 0 Å². The average molecular weight is 218 g/mol. The fraction of sp³-hybridized carbons (Fsp3) is 0.250. The number of nitrogens with one attached hydrogen (secondary N) is 1. The number of ether oxygens (including phenoxy) is 1. The molecule has 1 amide bonds. The quantitative estimate of drug-likeness (QED) is 0.729. The molecule has 3 N–H and O–H groups in total. The zero-order valence-electron chi connectivity index (χ0n) is 9.12. The maximum absolute atomic E-state index is 11.2. The highest BCUT2D eigenvalue weighted by Gasteiger charge is 2.00. The van der Waals surface area contributed by atoms with Gasteiger partial charge in [0.2, 0.25) is 5.91 Å².